The number of aromatic nitrogens is 2. The minimum absolute atomic E-state index is 0.287. The van der Waals surface area contributed by atoms with Gasteiger partial charge in [0.25, 0.3) is 0 Å². The summed E-state index contributed by atoms with van der Waals surface area (Å²) in [7, 11) is 1.56. The molecule has 4 aromatic rings. The number of methoxy groups -OCH3 is 1. The van der Waals surface area contributed by atoms with Gasteiger partial charge in [0.1, 0.15) is 17.4 Å². The lowest BCUT2D eigenvalue weighted by atomic mass is 10.1. The highest BCUT2D eigenvalue weighted by Crippen LogP contribution is 2.29. The Hall–Kier alpha value is -3.41. The number of hydrogen-bond donors (Lipinski definition) is 2. The quantitative estimate of drug-likeness (QED) is 0.516. The highest BCUT2D eigenvalue weighted by atomic mass is 19.1. The molecule has 6 heteroatoms. The molecule has 0 radical (unpaired) electrons. The predicted molar refractivity (Wildman–Crippen MR) is 102 cm³/mol. The molecule has 0 aliphatic rings. The van der Waals surface area contributed by atoms with Gasteiger partial charge in [-0.25, -0.2) is 8.78 Å². The topological polar surface area (TPSA) is 49.9 Å². The maximum absolute atomic E-state index is 13.5. The van der Waals surface area contributed by atoms with Gasteiger partial charge in [-0.1, -0.05) is 0 Å². The highest BCUT2D eigenvalue weighted by molar-refractivity contribution is 5.94. The van der Waals surface area contributed by atoms with Crippen LogP contribution < -0.4 is 10.1 Å². The predicted octanol–water partition coefficient (Wildman–Crippen LogP) is 5.13. The number of H-pyrrole nitrogens is 1. The van der Waals surface area contributed by atoms with Gasteiger partial charge in [-0.2, -0.15) is 5.10 Å². The summed E-state index contributed by atoms with van der Waals surface area (Å²) >= 11 is 0. The molecule has 0 atom stereocenters. The molecule has 0 unspecified atom stereocenters. The van der Waals surface area contributed by atoms with E-state index in [0.29, 0.717) is 12.3 Å². The number of hydrogen-bond acceptors (Lipinski definition) is 3. The highest BCUT2D eigenvalue weighted by Gasteiger charge is 2.10. The Morgan fingerprint density at radius 3 is 2.52 bits per heavy atom. The van der Waals surface area contributed by atoms with E-state index in [9.17, 15) is 8.78 Å². The number of anilines is 1. The maximum atomic E-state index is 13.5. The minimum atomic E-state index is -0.309. The van der Waals surface area contributed by atoms with Crippen molar-refractivity contribution in [1.82, 2.24) is 10.2 Å². The summed E-state index contributed by atoms with van der Waals surface area (Å²) in [6.07, 6.45) is 0. The molecular formula is C21H17F2N3O. The number of benzene rings is 3. The van der Waals surface area contributed by atoms with Gasteiger partial charge in [-0.3, -0.25) is 5.10 Å². The van der Waals surface area contributed by atoms with Gasteiger partial charge < -0.3 is 10.1 Å². The van der Waals surface area contributed by atoms with Crippen LogP contribution in [-0.4, -0.2) is 17.3 Å². The molecule has 0 bridgehead atoms. The molecule has 0 saturated carbocycles. The van der Waals surface area contributed by atoms with Gasteiger partial charge in [-0.05, 0) is 60.7 Å². The number of halogens is 2. The first kappa shape index (κ1) is 17.0. The van der Waals surface area contributed by atoms with E-state index in [1.54, 1.807) is 25.3 Å². The van der Waals surface area contributed by atoms with Crippen molar-refractivity contribution in [2.75, 3.05) is 12.4 Å². The molecule has 0 saturated heterocycles. The Kier molecular flexibility index (Phi) is 4.46. The summed E-state index contributed by atoms with van der Waals surface area (Å²) in [4.78, 5) is 0. The lowest BCUT2D eigenvalue weighted by Gasteiger charge is -2.11. The standard InChI is InChI=1S/C21H17F2N3O/c1-27-20-9-6-16(23)10-14(20)12-24-17-7-8-19-18(11-17)21(26-25-19)13-2-4-15(22)5-3-13/h2-11,24H,12H2,1H3,(H,25,26). The van der Waals surface area contributed by atoms with Gasteiger partial charge >= 0.3 is 0 Å². The number of aromatic amines is 1. The van der Waals surface area contributed by atoms with Gasteiger partial charge in [0.2, 0.25) is 0 Å². The van der Waals surface area contributed by atoms with Crippen molar-refractivity contribution in [3.05, 3.63) is 77.9 Å². The average Bonchev–Trinajstić information content (AvgIpc) is 3.10. The molecule has 4 nitrogen and oxygen atoms in total. The van der Waals surface area contributed by atoms with Crippen LogP contribution in [0, 0.1) is 11.6 Å². The van der Waals surface area contributed by atoms with Gasteiger partial charge in [-0.15, -0.1) is 0 Å². The molecule has 2 N–H and O–H groups in total. The Morgan fingerprint density at radius 2 is 1.74 bits per heavy atom. The second kappa shape index (κ2) is 7.07. The zero-order valence-electron chi connectivity index (χ0n) is 14.6. The fourth-order valence-electron chi connectivity index (χ4n) is 3.03. The third-order valence-corrected chi connectivity index (χ3v) is 4.41. The van der Waals surface area contributed by atoms with Crippen LogP contribution in [0.15, 0.2) is 60.7 Å². The molecule has 0 aliphatic heterocycles. The van der Waals surface area contributed by atoms with Crippen LogP contribution in [-0.2, 0) is 6.54 Å². The van der Waals surface area contributed by atoms with Crippen molar-refractivity contribution < 1.29 is 13.5 Å². The third-order valence-electron chi connectivity index (χ3n) is 4.41. The molecular weight excluding hydrogens is 348 g/mol. The van der Waals surface area contributed by atoms with Crippen molar-refractivity contribution in [3.63, 3.8) is 0 Å². The zero-order chi connectivity index (χ0) is 18.8. The van der Waals surface area contributed by atoms with Crippen LogP contribution in [0.5, 0.6) is 5.75 Å². The Morgan fingerprint density at radius 1 is 0.963 bits per heavy atom. The molecule has 4 rings (SSSR count). The minimum Gasteiger partial charge on any atom is -0.496 e. The summed E-state index contributed by atoms with van der Waals surface area (Å²) < 4.78 is 32.0. The largest absolute Gasteiger partial charge is 0.496 e. The number of rotatable bonds is 5. The van der Waals surface area contributed by atoms with E-state index in [1.165, 1.54) is 24.3 Å². The Labute approximate surface area is 154 Å². The summed E-state index contributed by atoms with van der Waals surface area (Å²) in [6.45, 7) is 0.413. The number of fused-ring (bicyclic) bond motifs is 1. The first-order valence-corrected chi connectivity index (χ1v) is 8.44. The van der Waals surface area contributed by atoms with Gasteiger partial charge in [0, 0.05) is 28.7 Å². The van der Waals surface area contributed by atoms with E-state index in [2.05, 4.69) is 15.5 Å². The third kappa shape index (κ3) is 3.46. The summed E-state index contributed by atoms with van der Waals surface area (Å²) in [5.74, 6) is 0.0294. The second-order valence-corrected chi connectivity index (χ2v) is 6.15. The Bertz CT molecular complexity index is 1090. The van der Waals surface area contributed by atoms with Crippen molar-refractivity contribution >= 4 is 16.6 Å². The summed E-state index contributed by atoms with van der Waals surface area (Å²) in [5.41, 5.74) is 4.04. The number of nitrogens with one attached hydrogen (secondary N) is 2. The van der Waals surface area contributed by atoms with Crippen molar-refractivity contribution in [1.29, 1.82) is 0 Å². The molecule has 27 heavy (non-hydrogen) atoms. The lowest BCUT2D eigenvalue weighted by Crippen LogP contribution is -2.02. The van der Waals surface area contributed by atoms with Gasteiger partial charge in [0.05, 0.1) is 18.3 Å². The van der Waals surface area contributed by atoms with Gasteiger partial charge in [0.15, 0.2) is 0 Å². The lowest BCUT2D eigenvalue weighted by molar-refractivity contribution is 0.409. The molecule has 0 aliphatic carbocycles. The number of nitrogens with zero attached hydrogens (tertiary/aromatic N) is 1. The van der Waals surface area contributed by atoms with Crippen LogP contribution in [0.1, 0.15) is 5.56 Å². The molecule has 1 aromatic heterocycles. The molecule has 3 aromatic carbocycles. The molecule has 136 valence electrons. The maximum Gasteiger partial charge on any atom is 0.124 e. The van der Waals surface area contributed by atoms with E-state index in [-0.39, 0.29) is 11.6 Å². The normalized spacial score (nSPS) is 10.9. The van der Waals surface area contributed by atoms with Crippen LogP contribution in [0.4, 0.5) is 14.5 Å². The van der Waals surface area contributed by atoms with Crippen molar-refractivity contribution in [2.24, 2.45) is 0 Å². The molecule has 1 heterocycles. The van der Waals surface area contributed by atoms with E-state index in [1.807, 2.05) is 18.2 Å². The first-order valence-electron chi connectivity index (χ1n) is 8.44. The van der Waals surface area contributed by atoms with Crippen LogP contribution in [0.2, 0.25) is 0 Å². The second-order valence-electron chi connectivity index (χ2n) is 6.15. The van der Waals surface area contributed by atoms with Crippen LogP contribution >= 0.6 is 0 Å². The van der Waals surface area contributed by atoms with E-state index in [4.69, 9.17) is 4.74 Å². The summed E-state index contributed by atoms with van der Waals surface area (Å²) in [5, 5.41) is 11.5. The first-order chi connectivity index (χ1) is 13.1. The Balaban J connectivity index is 1.63. The van der Waals surface area contributed by atoms with Crippen LogP contribution in [0.25, 0.3) is 22.2 Å². The number of ether oxygens (including phenoxy) is 1. The SMILES string of the molecule is COc1ccc(F)cc1CNc1ccc2[nH]nc(-c3ccc(F)cc3)c2c1. The van der Waals surface area contributed by atoms with E-state index in [0.717, 1.165) is 33.4 Å². The molecule has 0 spiro atoms. The average molecular weight is 365 g/mol. The fourth-order valence-corrected chi connectivity index (χ4v) is 3.03. The summed E-state index contributed by atoms with van der Waals surface area (Å²) in [6, 6.07) is 16.4. The van der Waals surface area contributed by atoms with E-state index < -0.39 is 0 Å². The fraction of sp³-hybridized carbons (Fsp3) is 0.0952. The van der Waals surface area contributed by atoms with E-state index >= 15 is 0 Å². The van der Waals surface area contributed by atoms with Crippen molar-refractivity contribution in [3.8, 4) is 17.0 Å². The molecule has 0 fully saturated rings. The monoisotopic (exact) mass is 365 g/mol. The smallest absolute Gasteiger partial charge is 0.124 e. The molecule has 0 amide bonds. The van der Waals surface area contributed by atoms with Crippen LogP contribution in [0.3, 0.4) is 0 Å². The van der Waals surface area contributed by atoms with Crippen molar-refractivity contribution in [2.45, 2.75) is 6.54 Å². The zero-order valence-corrected chi connectivity index (χ0v) is 14.6.